The number of anilines is 1. The normalized spacial score (nSPS) is 15.4. The molecule has 0 spiro atoms. The average Bonchev–Trinajstić information content (AvgIpc) is 2.95. The lowest BCUT2D eigenvalue weighted by Gasteiger charge is -2.23. The molecule has 4 rings (SSSR count). The van der Waals surface area contributed by atoms with Crippen molar-refractivity contribution in [2.75, 3.05) is 18.1 Å². The molecular formula is C22H20ClNO3. The average molecular weight is 382 g/mol. The molecule has 1 heterocycles. The minimum atomic E-state index is -0.784. The van der Waals surface area contributed by atoms with Crippen LogP contribution in [0.3, 0.4) is 0 Å². The van der Waals surface area contributed by atoms with Crippen molar-refractivity contribution in [1.82, 2.24) is 0 Å². The van der Waals surface area contributed by atoms with E-state index in [0.29, 0.717) is 10.6 Å². The van der Waals surface area contributed by atoms with E-state index < -0.39 is 6.10 Å². The Balaban J connectivity index is 1.43. The molecule has 2 atom stereocenters. The Morgan fingerprint density at radius 1 is 1.07 bits per heavy atom. The predicted molar refractivity (Wildman–Crippen MR) is 107 cm³/mol. The van der Waals surface area contributed by atoms with Gasteiger partial charge in [-0.2, -0.15) is 0 Å². The Bertz CT molecular complexity index is 981. The zero-order valence-corrected chi connectivity index (χ0v) is 15.7. The van der Waals surface area contributed by atoms with Gasteiger partial charge in [0, 0.05) is 16.0 Å². The molecule has 0 bridgehead atoms. The Morgan fingerprint density at radius 3 is 2.52 bits per heavy atom. The van der Waals surface area contributed by atoms with E-state index >= 15 is 0 Å². The second kappa shape index (κ2) is 7.31. The van der Waals surface area contributed by atoms with Crippen LogP contribution < -0.4 is 4.90 Å². The number of aliphatic hydroxyl groups excluding tert-OH is 1. The van der Waals surface area contributed by atoms with E-state index in [1.807, 2.05) is 67.6 Å². The van der Waals surface area contributed by atoms with Gasteiger partial charge in [0.2, 0.25) is 0 Å². The molecule has 0 unspecified atom stereocenters. The maximum absolute atomic E-state index is 12.8. The lowest BCUT2D eigenvalue weighted by molar-refractivity contribution is 0.000494. The molecule has 0 radical (unpaired) electrons. The van der Waals surface area contributed by atoms with Gasteiger partial charge in [-0.1, -0.05) is 48.0 Å². The van der Waals surface area contributed by atoms with Gasteiger partial charge in [-0.25, -0.2) is 0 Å². The highest BCUT2D eigenvalue weighted by Crippen LogP contribution is 2.37. The van der Waals surface area contributed by atoms with Gasteiger partial charge in [0.1, 0.15) is 0 Å². The highest BCUT2D eigenvalue weighted by atomic mass is 35.5. The highest BCUT2D eigenvalue weighted by Gasteiger charge is 2.30. The van der Waals surface area contributed by atoms with Gasteiger partial charge in [-0.05, 0) is 42.1 Å². The number of rotatable bonds is 6. The van der Waals surface area contributed by atoms with E-state index in [1.165, 1.54) is 0 Å². The summed E-state index contributed by atoms with van der Waals surface area (Å²) in [5, 5.41) is 13.1. The number of benzene rings is 3. The summed E-state index contributed by atoms with van der Waals surface area (Å²) in [7, 11) is 0. The first-order chi connectivity index (χ1) is 13.0. The molecule has 1 aliphatic heterocycles. The molecule has 0 aliphatic carbocycles. The largest absolute Gasteiger partial charge is 0.389 e. The number of halogens is 1. The molecule has 0 saturated carbocycles. The Labute approximate surface area is 162 Å². The Kier molecular flexibility index (Phi) is 4.87. The summed E-state index contributed by atoms with van der Waals surface area (Å²) in [5.41, 5.74) is 2.52. The third kappa shape index (κ3) is 3.44. The second-order valence-electron chi connectivity index (χ2n) is 6.78. The van der Waals surface area contributed by atoms with Crippen molar-refractivity contribution in [2.24, 2.45) is 0 Å². The van der Waals surface area contributed by atoms with Crippen molar-refractivity contribution in [2.45, 2.75) is 19.1 Å². The topological polar surface area (TPSA) is 49.8 Å². The summed E-state index contributed by atoms with van der Waals surface area (Å²) < 4.78 is 5.79. The van der Waals surface area contributed by atoms with Crippen LogP contribution in [0.1, 0.15) is 28.9 Å². The van der Waals surface area contributed by atoms with Crippen molar-refractivity contribution >= 4 is 34.0 Å². The fraction of sp³-hybridized carbons (Fsp3) is 0.227. The van der Waals surface area contributed by atoms with Crippen LogP contribution >= 0.6 is 11.6 Å². The van der Waals surface area contributed by atoms with E-state index in [4.69, 9.17) is 16.3 Å². The number of carbonyl (C=O) groups is 1. The maximum Gasteiger partial charge on any atom is 0.259 e. The molecule has 0 aromatic heterocycles. The van der Waals surface area contributed by atoms with Crippen LogP contribution in [-0.2, 0) is 4.74 Å². The monoisotopic (exact) mass is 381 g/mol. The van der Waals surface area contributed by atoms with E-state index in [-0.39, 0.29) is 25.2 Å². The number of amides is 1. The number of hydrogen-bond acceptors (Lipinski definition) is 3. The smallest absolute Gasteiger partial charge is 0.259 e. The van der Waals surface area contributed by atoms with Crippen LogP contribution in [0.15, 0.2) is 60.7 Å². The first-order valence-corrected chi connectivity index (χ1v) is 9.31. The molecule has 27 heavy (non-hydrogen) atoms. The second-order valence-corrected chi connectivity index (χ2v) is 7.21. The van der Waals surface area contributed by atoms with E-state index in [9.17, 15) is 9.90 Å². The number of nitrogens with zero attached hydrogens (tertiary/aromatic N) is 1. The van der Waals surface area contributed by atoms with Crippen LogP contribution in [0, 0.1) is 0 Å². The van der Waals surface area contributed by atoms with Crippen molar-refractivity contribution in [3.8, 4) is 0 Å². The molecule has 0 saturated heterocycles. The lowest BCUT2D eigenvalue weighted by atomic mass is 10.1. The minimum absolute atomic E-state index is 0.0772. The van der Waals surface area contributed by atoms with Gasteiger partial charge in [0.15, 0.2) is 0 Å². The summed E-state index contributed by atoms with van der Waals surface area (Å²) in [6, 6.07) is 19.0. The first-order valence-electron chi connectivity index (χ1n) is 8.93. The third-order valence-corrected chi connectivity index (χ3v) is 5.17. The zero-order valence-electron chi connectivity index (χ0n) is 14.9. The van der Waals surface area contributed by atoms with Gasteiger partial charge in [0.05, 0.1) is 31.0 Å². The number of aliphatic hydroxyl groups is 1. The fourth-order valence-electron chi connectivity index (χ4n) is 3.51. The highest BCUT2D eigenvalue weighted by molar-refractivity contribution is 6.30. The summed E-state index contributed by atoms with van der Waals surface area (Å²) in [5.74, 6) is -0.0772. The Hall–Kier alpha value is -2.40. The van der Waals surface area contributed by atoms with Crippen LogP contribution in [0.5, 0.6) is 0 Å². The molecule has 1 aliphatic rings. The molecule has 4 nitrogen and oxygen atoms in total. The van der Waals surface area contributed by atoms with Crippen LogP contribution in [0.25, 0.3) is 10.8 Å². The molecule has 1 N–H and O–H groups in total. The summed E-state index contributed by atoms with van der Waals surface area (Å²) in [4.78, 5) is 14.4. The Morgan fingerprint density at radius 2 is 1.78 bits per heavy atom. The summed E-state index contributed by atoms with van der Waals surface area (Å²) in [6.07, 6.45) is -0.958. The summed E-state index contributed by atoms with van der Waals surface area (Å²) >= 11 is 5.91. The minimum Gasteiger partial charge on any atom is -0.389 e. The molecule has 0 fully saturated rings. The van der Waals surface area contributed by atoms with E-state index in [2.05, 4.69) is 0 Å². The standard InChI is InChI=1S/C22H20ClNO3/c1-14(15-8-10-17(23)11-9-15)27-13-18(25)12-24-20-7-3-5-16-4-2-6-19(21(16)20)22(24)26/h2-11,14,18,25H,12-13H2,1H3/t14-,18-/m0/s1. The molecular weight excluding hydrogens is 362 g/mol. The van der Waals surface area contributed by atoms with Crippen molar-refractivity contribution in [1.29, 1.82) is 0 Å². The van der Waals surface area contributed by atoms with Crippen molar-refractivity contribution < 1.29 is 14.6 Å². The van der Waals surface area contributed by atoms with Crippen LogP contribution in [0.2, 0.25) is 5.02 Å². The van der Waals surface area contributed by atoms with Gasteiger partial charge in [-0.3, -0.25) is 4.79 Å². The molecule has 5 heteroatoms. The van der Waals surface area contributed by atoms with Crippen molar-refractivity contribution in [3.05, 3.63) is 76.8 Å². The first kappa shape index (κ1) is 18.0. The fourth-order valence-corrected chi connectivity index (χ4v) is 3.64. The number of carbonyl (C=O) groups excluding carboxylic acids is 1. The molecule has 1 amide bonds. The number of ether oxygens (including phenoxy) is 1. The zero-order chi connectivity index (χ0) is 19.0. The quantitative estimate of drug-likeness (QED) is 0.679. The van der Waals surface area contributed by atoms with Gasteiger partial charge >= 0.3 is 0 Å². The van der Waals surface area contributed by atoms with Gasteiger partial charge in [0.25, 0.3) is 5.91 Å². The van der Waals surface area contributed by atoms with E-state index in [1.54, 1.807) is 4.90 Å². The van der Waals surface area contributed by atoms with Crippen LogP contribution in [0.4, 0.5) is 5.69 Å². The molecule has 138 valence electrons. The number of hydrogen-bond donors (Lipinski definition) is 1. The van der Waals surface area contributed by atoms with Crippen LogP contribution in [-0.4, -0.2) is 30.3 Å². The molecule has 3 aromatic rings. The van der Waals surface area contributed by atoms with E-state index in [0.717, 1.165) is 22.0 Å². The SMILES string of the molecule is C[C@H](OC[C@@H](O)CN1C(=O)c2cccc3cccc1c23)c1ccc(Cl)cc1. The summed E-state index contributed by atoms with van der Waals surface area (Å²) in [6.45, 7) is 2.26. The maximum atomic E-state index is 12.8. The lowest BCUT2D eigenvalue weighted by Crippen LogP contribution is -2.37. The van der Waals surface area contributed by atoms with Crippen molar-refractivity contribution in [3.63, 3.8) is 0 Å². The molecule has 3 aromatic carbocycles. The van der Waals surface area contributed by atoms with Gasteiger partial charge < -0.3 is 14.7 Å². The van der Waals surface area contributed by atoms with Gasteiger partial charge in [-0.15, -0.1) is 0 Å². The predicted octanol–water partition coefficient (Wildman–Crippen LogP) is 4.59. The third-order valence-electron chi connectivity index (χ3n) is 4.92. The number of β-amino-alcohol motifs (C(OH)–C–C–N with tert-alkyl or cyclic N) is 1.